The Kier molecular flexibility index (Phi) is 8.09. The molecule has 0 saturated carbocycles. The zero-order valence-corrected chi connectivity index (χ0v) is 23.7. The summed E-state index contributed by atoms with van der Waals surface area (Å²) in [5.41, 5.74) is 7.11. The smallest absolute Gasteiger partial charge is 0.241 e. The van der Waals surface area contributed by atoms with Crippen LogP contribution in [0.25, 0.3) is 5.57 Å². The molecule has 9 heteroatoms. The lowest BCUT2D eigenvalue weighted by molar-refractivity contribution is -0.121. The average Bonchev–Trinajstić information content (AvgIpc) is 3.53. The van der Waals surface area contributed by atoms with E-state index in [0.717, 1.165) is 84.2 Å². The zero-order valence-electron chi connectivity index (χ0n) is 23.7. The van der Waals surface area contributed by atoms with Crippen LogP contribution in [0.4, 0.5) is 5.69 Å². The van der Waals surface area contributed by atoms with E-state index >= 15 is 0 Å². The summed E-state index contributed by atoms with van der Waals surface area (Å²) in [5, 5.41) is 7.65. The third-order valence-corrected chi connectivity index (χ3v) is 7.79. The highest BCUT2D eigenvalue weighted by Gasteiger charge is 2.27. The quantitative estimate of drug-likeness (QED) is 0.454. The van der Waals surface area contributed by atoms with Gasteiger partial charge in [0.15, 0.2) is 0 Å². The number of carbonyl (C=O) groups is 1. The maximum absolute atomic E-state index is 13.2. The van der Waals surface area contributed by atoms with Gasteiger partial charge in [0.1, 0.15) is 5.82 Å². The molecular formula is C30H39N7O2. The number of aryl methyl sites for hydroxylation is 2. The number of aromatic nitrogens is 4. The van der Waals surface area contributed by atoms with Crippen molar-refractivity contribution < 1.29 is 9.53 Å². The van der Waals surface area contributed by atoms with Gasteiger partial charge in [-0.05, 0) is 56.5 Å². The first kappa shape index (κ1) is 27.0. The highest BCUT2D eigenvalue weighted by molar-refractivity contribution is 5.97. The van der Waals surface area contributed by atoms with Crippen LogP contribution in [0, 0.1) is 6.92 Å². The first-order valence-corrected chi connectivity index (χ1v) is 14.0. The fourth-order valence-corrected chi connectivity index (χ4v) is 5.49. The van der Waals surface area contributed by atoms with E-state index in [-0.39, 0.29) is 11.9 Å². The van der Waals surface area contributed by atoms with Crippen LogP contribution >= 0.6 is 0 Å². The van der Waals surface area contributed by atoms with E-state index in [1.165, 1.54) is 0 Å². The number of fused-ring (bicyclic) bond motifs is 1. The topological polar surface area (TPSA) is 88.4 Å². The Morgan fingerprint density at radius 3 is 2.72 bits per heavy atom. The van der Waals surface area contributed by atoms with Gasteiger partial charge in [0, 0.05) is 68.9 Å². The molecule has 0 unspecified atom stereocenters. The van der Waals surface area contributed by atoms with Crippen LogP contribution < -0.4 is 10.1 Å². The summed E-state index contributed by atoms with van der Waals surface area (Å²) in [4.78, 5) is 27.5. The van der Waals surface area contributed by atoms with Gasteiger partial charge in [-0.2, -0.15) is 0 Å². The second kappa shape index (κ2) is 11.7. The van der Waals surface area contributed by atoms with Gasteiger partial charge in [-0.1, -0.05) is 25.1 Å². The predicted molar refractivity (Wildman–Crippen MR) is 153 cm³/mol. The van der Waals surface area contributed by atoms with Crippen molar-refractivity contribution >= 4 is 17.2 Å². The highest BCUT2D eigenvalue weighted by Crippen LogP contribution is 2.37. The summed E-state index contributed by atoms with van der Waals surface area (Å²) in [5.74, 6) is 1.39. The van der Waals surface area contributed by atoms with Crippen molar-refractivity contribution in [1.82, 2.24) is 29.5 Å². The number of hydrogen-bond donors (Lipinski definition) is 1. The second-order valence-electron chi connectivity index (χ2n) is 10.3. The number of ether oxygens (including phenoxy) is 1. The third-order valence-electron chi connectivity index (χ3n) is 7.79. The number of piperazine rings is 1. The third kappa shape index (κ3) is 5.74. The molecular weight excluding hydrogens is 490 g/mol. The van der Waals surface area contributed by atoms with Gasteiger partial charge in [-0.25, -0.2) is 9.97 Å². The van der Waals surface area contributed by atoms with Crippen molar-refractivity contribution in [2.75, 3.05) is 44.6 Å². The van der Waals surface area contributed by atoms with Gasteiger partial charge in [-0.15, -0.1) is 5.10 Å². The van der Waals surface area contributed by atoms with E-state index in [1.807, 2.05) is 52.3 Å². The Bertz CT molecular complexity index is 1370. The summed E-state index contributed by atoms with van der Waals surface area (Å²) in [6.07, 6.45) is 7.34. The molecule has 9 nitrogen and oxygen atoms in total. The van der Waals surface area contributed by atoms with Crippen LogP contribution in [0.2, 0.25) is 0 Å². The number of anilines is 1. The fraction of sp³-hybridized carbons (Fsp3) is 0.467. The Hall–Kier alpha value is -3.56. The lowest BCUT2D eigenvalue weighted by Crippen LogP contribution is -2.52. The van der Waals surface area contributed by atoms with Crippen LogP contribution in [0.15, 0.2) is 36.7 Å². The molecule has 1 amide bonds. The number of hydrogen-bond acceptors (Lipinski definition) is 7. The van der Waals surface area contributed by atoms with Gasteiger partial charge in [-0.3, -0.25) is 14.4 Å². The first-order chi connectivity index (χ1) is 18.9. The Morgan fingerprint density at radius 1 is 1.18 bits per heavy atom. The molecule has 5 rings (SSSR count). The summed E-state index contributed by atoms with van der Waals surface area (Å²) in [6, 6.07) is 5.96. The summed E-state index contributed by atoms with van der Waals surface area (Å²) in [7, 11) is 1.89. The zero-order chi connectivity index (χ0) is 27.5. The van der Waals surface area contributed by atoms with E-state index in [2.05, 4.69) is 44.3 Å². The van der Waals surface area contributed by atoms with Crippen molar-refractivity contribution in [1.29, 1.82) is 0 Å². The number of nitrogens with one attached hydrogen (secondary N) is 1. The van der Waals surface area contributed by atoms with Crippen LogP contribution in [0.5, 0.6) is 5.88 Å². The summed E-state index contributed by atoms with van der Waals surface area (Å²) in [6.45, 7) is 13.7. The van der Waals surface area contributed by atoms with Crippen molar-refractivity contribution in [2.45, 2.75) is 46.6 Å². The molecule has 1 aliphatic carbocycles. The first-order valence-electron chi connectivity index (χ1n) is 14.0. The van der Waals surface area contributed by atoms with Gasteiger partial charge >= 0.3 is 0 Å². The SMILES string of the molecule is CCOc1nn(C)cc1Cc1ncc(C)c(C2=CCc3c(NC(=O)[C@@H](C)N4CCN(CC)CC4)cccc32)n1. The molecule has 0 radical (unpaired) electrons. The van der Waals surface area contributed by atoms with E-state index in [4.69, 9.17) is 9.72 Å². The molecule has 1 aliphatic heterocycles. The Labute approximate surface area is 230 Å². The number of allylic oxidation sites excluding steroid dienone is 1. The van der Waals surface area contributed by atoms with E-state index in [1.54, 1.807) is 4.68 Å². The van der Waals surface area contributed by atoms with Gasteiger partial charge in [0.05, 0.1) is 18.3 Å². The second-order valence-corrected chi connectivity index (χ2v) is 10.3. The Balaban J connectivity index is 1.33. The fourth-order valence-electron chi connectivity index (χ4n) is 5.49. The van der Waals surface area contributed by atoms with Gasteiger partial charge in [0.25, 0.3) is 0 Å². The van der Waals surface area contributed by atoms with Crippen LogP contribution in [0.3, 0.4) is 0 Å². The van der Waals surface area contributed by atoms with Crippen molar-refractivity contribution in [2.24, 2.45) is 7.05 Å². The van der Waals surface area contributed by atoms with Crippen molar-refractivity contribution in [3.8, 4) is 5.88 Å². The number of amides is 1. The Morgan fingerprint density at radius 2 is 1.97 bits per heavy atom. The van der Waals surface area contributed by atoms with E-state index in [0.29, 0.717) is 18.9 Å². The number of rotatable bonds is 9. The molecule has 2 aliphatic rings. The summed E-state index contributed by atoms with van der Waals surface area (Å²) < 4.78 is 7.46. The molecule has 1 aromatic carbocycles. The standard InChI is InChI=1S/C30H39N7O2/c1-6-36-13-15-37(16-14-36)21(4)29(38)32-26-10-8-9-23-24(26)11-12-25(23)28-20(3)18-31-27(33-28)17-22-19-35(5)34-30(22)39-7-2/h8-10,12,18-19,21H,6-7,11,13-17H2,1-5H3,(H,32,38)/t21-/m1/s1. The minimum absolute atomic E-state index is 0.0453. The van der Waals surface area contributed by atoms with Crippen LogP contribution in [-0.4, -0.2) is 80.8 Å². The minimum atomic E-state index is -0.172. The maximum Gasteiger partial charge on any atom is 0.241 e. The number of benzene rings is 1. The van der Waals surface area contributed by atoms with Crippen LogP contribution in [-0.2, 0) is 24.7 Å². The largest absolute Gasteiger partial charge is 0.477 e. The number of likely N-dealkylation sites (N-methyl/N-ethyl adjacent to an activating group) is 1. The van der Waals surface area contributed by atoms with Crippen molar-refractivity contribution in [3.63, 3.8) is 0 Å². The van der Waals surface area contributed by atoms with E-state index in [9.17, 15) is 4.79 Å². The number of nitrogens with zero attached hydrogens (tertiary/aromatic N) is 6. The molecule has 0 spiro atoms. The van der Waals surface area contributed by atoms with Crippen molar-refractivity contribution in [3.05, 3.63) is 70.4 Å². The minimum Gasteiger partial charge on any atom is -0.477 e. The molecule has 2 aromatic heterocycles. The van der Waals surface area contributed by atoms with E-state index < -0.39 is 0 Å². The molecule has 3 aromatic rings. The molecule has 39 heavy (non-hydrogen) atoms. The predicted octanol–water partition coefficient (Wildman–Crippen LogP) is 3.46. The van der Waals surface area contributed by atoms with Gasteiger partial charge in [0.2, 0.25) is 11.8 Å². The maximum atomic E-state index is 13.2. The average molecular weight is 530 g/mol. The molecule has 0 bridgehead atoms. The molecule has 1 fully saturated rings. The number of carbonyl (C=O) groups excluding carboxylic acids is 1. The van der Waals surface area contributed by atoms with Crippen LogP contribution in [0.1, 0.15) is 54.5 Å². The lowest BCUT2D eigenvalue weighted by atomic mass is 9.99. The van der Waals surface area contributed by atoms with Gasteiger partial charge < -0.3 is 15.0 Å². The molecule has 1 N–H and O–H groups in total. The lowest BCUT2D eigenvalue weighted by Gasteiger charge is -2.37. The molecule has 1 saturated heterocycles. The monoisotopic (exact) mass is 529 g/mol. The molecule has 3 heterocycles. The normalized spacial score (nSPS) is 16.6. The molecule has 1 atom stereocenters. The highest BCUT2D eigenvalue weighted by atomic mass is 16.5. The summed E-state index contributed by atoms with van der Waals surface area (Å²) >= 11 is 0. The molecule has 206 valence electrons.